The van der Waals surface area contributed by atoms with E-state index in [4.69, 9.17) is 52.5 Å². The average molecular weight is 403 g/mol. The number of halogens is 2. The van der Waals surface area contributed by atoms with Crippen molar-refractivity contribution in [3.05, 3.63) is 52.5 Å². The lowest BCUT2D eigenvalue weighted by atomic mass is 10.1. The number of hydrogen-bond acceptors (Lipinski definition) is 5. The minimum absolute atomic E-state index is 0.0408. The standard InChI is InChI=1S/C14H14Cl2N2O2.C2H2O4/c1-14(12-3-2-10(15)6-13(12)16)19-8-11(20-14)7-18-5-4-17-9-18;3-1(4)2(5)6/h2-6,9,11H,7-8H2,1H3;(H,3,4)(H,5,6). The molecule has 0 bridgehead atoms. The lowest BCUT2D eigenvalue weighted by Crippen LogP contribution is -2.25. The Balaban J connectivity index is 0.000000352. The molecule has 0 radical (unpaired) electrons. The highest BCUT2D eigenvalue weighted by molar-refractivity contribution is 6.35. The summed E-state index contributed by atoms with van der Waals surface area (Å²) >= 11 is 12.1. The molecule has 1 aromatic carbocycles. The Bertz CT molecular complexity index is 771. The number of carbonyl (C=O) groups is 2. The van der Waals surface area contributed by atoms with Gasteiger partial charge in [-0.25, -0.2) is 14.6 Å². The van der Waals surface area contributed by atoms with Crippen molar-refractivity contribution in [2.24, 2.45) is 0 Å². The highest BCUT2D eigenvalue weighted by Gasteiger charge is 2.40. The van der Waals surface area contributed by atoms with Gasteiger partial charge in [-0.05, 0) is 19.1 Å². The summed E-state index contributed by atoms with van der Waals surface area (Å²) in [7, 11) is 0. The minimum Gasteiger partial charge on any atom is -0.473 e. The van der Waals surface area contributed by atoms with Gasteiger partial charge in [0, 0.05) is 23.0 Å². The Hall–Kier alpha value is -2.13. The van der Waals surface area contributed by atoms with Crippen molar-refractivity contribution in [2.75, 3.05) is 6.61 Å². The van der Waals surface area contributed by atoms with E-state index in [0.717, 1.165) is 5.56 Å². The maximum atomic E-state index is 9.10. The van der Waals surface area contributed by atoms with Gasteiger partial charge in [0.2, 0.25) is 0 Å². The monoisotopic (exact) mass is 402 g/mol. The van der Waals surface area contributed by atoms with Gasteiger partial charge in [0.25, 0.3) is 0 Å². The molecule has 0 spiro atoms. The van der Waals surface area contributed by atoms with Crippen LogP contribution in [-0.4, -0.2) is 44.4 Å². The molecule has 2 heterocycles. The third kappa shape index (κ3) is 5.18. The quantitative estimate of drug-likeness (QED) is 0.758. The first-order valence-electron chi connectivity index (χ1n) is 7.40. The van der Waals surface area contributed by atoms with Crippen LogP contribution in [0, 0.1) is 0 Å². The predicted octanol–water partition coefficient (Wildman–Crippen LogP) is 2.63. The summed E-state index contributed by atoms with van der Waals surface area (Å²) in [6.45, 7) is 3.07. The van der Waals surface area contributed by atoms with Gasteiger partial charge >= 0.3 is 11.9 Å². The number of ether oxygens (including phenoxy) is 2. The van der Waals surface area contributed by atoms with Gasteiger partial charge in [0.15, 0.2) is 5.79 Å². The summed E-state index contributed by atoms with van der Waals surface area (Å²) in [6.07, 6.45) is 5.36. The van der Waals surface area contributed by atoms with Gasteiger partial charge in [0.05, 0.1) is 24.5 Å². The second-order valence-corrected chi connectivity index (χ2v) is 6.33. The molecular formula is C16H16Cl2N2O6. The van der Waals surface area contributed by atoms with Crippen LogP contribution < -0.4 is 0 Å². The van der Waals surface area contributed by atoms with E-state index in [0.29, 0.717) is 23.2 Å². The van der Waals surface area contributed by atoms with Crippen LogP contribution in [0.15, 0.2) is 36.9 Å². The second-order valence-electron chi connectivity index (χ2n) is 5.49. The number of benzene rings is 1. The molecule has 10 heteroatoms. The molecule has 2 aromatic rings. The van der Waals surface area contributed by atoms with Gasteiger partial charge in [0.1, 0.15) is 6.10 Å². The molecular weight excluding hydrogens is 387 g/mol. The highest BCUT2D eigenvalue weighted by Crippen LogP contribution is 2.38. The minimum atomic E-state index is -1.82. The Morgan fingerprint density at radius 3 is 2.58 bits per heavy atom. The SMILES string of the molecule is CC1(c2ccc(Cl)cc2Cl)OCC(Cn2ccnc2)O1.O=C(O)C(=O)O. The first-order valence-corrected chi connectivity index (χ1v) is 8.16. The number of hydrogen-bond donors (Lipinski definition) is 2. The summed E-state index contributed by atoms with van der Waals surface area (Å²) in [5.74, 6) is -4.49. The zero-order chi connectivity index (χ0) is 19.3. The second kappa shape index (κ2) is 8.50. The van der Waals surface area contributed by atoms with Gasteiger partial charge in [-0.15, -0.1) is 0 Å². The molecule has 26 heavy (non-hydrogen) atoms. The number of carboxylic acids is 2. The molecule has 0 saturated carbocycles. The number of nitrogens with zero attached hydrogens (tertiary/aromatic N) is 2. The zero-order valence-electron chi connectivity index (χ0n) is 13.6. The molecule has 8 nitrogen and oxygen atoms in total. The summed E-state index contributed by atoms with van der Waals surface area (Å²) in [6, 6.07) is 5.31. The molecule has 2 N–H and O–H groups in total. The van der Waals surface area contributed by atoms with Crippen LogP contribution in [0.2, 0.25) is 10.0 Å². The Morgan fingerprint density at radius 2 is 2.04 bits per heavy atom. The molecule has 0 amide bonds. The fourth-order valence-corrected chi connectivity index (χ4v) is 2.94. The summed E-state index contributed by atoms with van der Waals surface area (Å²) in [5.41, 5.74) is 0.789. The number of carboxylic acid groups (broad SMARTS) is 2. The smallest absolute Gasteiger partial charge is 0.414 e. The molecule has 1 aliphatic heterocycles. The van der Waals surface area contributed by atoms with Crippen LogP contribution in [0.1, 0.15) is 12.5 Å². The van der Waals surface area contributed by atoms with Crippen molar-refractivity contribution in [3.63, 3.8) is 0 Å². The third-order valence-electron chi connectivity index (χ3n) is 3.51. The average Bonchev–Trinajstić information content (AvgIpc) is 3.18. The van der Waals surface area contributed by atoms with Crippen LogP contribution in [-0.2, 0) is 31.4 Å². The fourth-order valence-electron chi connectivity index (χ4n) is 2.36. The van der Waals surface area contributed by atoms with Crippen molar-refractivity contribution in [1.29, 1.82) is 0 Å². The Labute approximate surface area is 158 Å². The predicted molar refractivity (Wildman–Crippen MR) is 92.1 cm³/mol. The molecule has 2 atom stereocenters. The molecule has 3 rings (SSSR count). The van der Waals surface area contributed by atoms with Crippen LogP contribution in [0.3, 0.4) is 0 Å². The third-order valence-corrected chi connectivity index (χ3v) is 4.06. The molecule has 1 saturated heterocycles. The van der Waals surface area contributed by atoms with Crippen molar-refractivity contribution in [3.8, 4) is 0 Å². The zero-order valence-corrected chi connectivity index (χ0v) is 15.1. The lowest BCUT2D eigenvalue weighted by Gasteiger charge is -2.25. The molecule has 0 aliphatic carbocycles. The lowest BCUT2D eigenvalue weighted by molar-refractivity contribution is -0.162. The maximum Gasteiger partial charge on any atom is 0.414 e. The van der Waals surface area contributed by atoms with E-state index in [-0.39, 0.29) is 6.10 Å². The molecule has 1 fully saturated rings. The molecule has 2 unspecified atom stereocenters. The summed E-state index contributed by atoms with van der Waals surface area (Å²) in [5, 5.41) is 15.9. The normalized spacial score (nSPS) is 21.7. The maximum absolute atomic E-state index is 9.10. The van der Waals surface area contributed by atoms with E-state index < -0.39 is 17.7 Å². The van der Waals surface area contributed by atoms with Gasteiger partial charge in [-0.1, -0.05) is 29.3 Å². The molecule has 140 valence electrons. The van der Waals surface area contributed by atoms with Crippen LogP contribution in [0.25, 0.3) is 0 Å². The van der Waals surface area contributed by atoms with E-state index in [1.807, 2.05) is 23.8 Å². The van der Waals surface area contributed by atoms with Crippen molar-refractivity contribution in [2.45, 2.75) is 25.4 Å². The molecule has 1 aromatic heterocycles. The molecule has 1 aliphatic rings. The van der Waals surface area contributed by atoms with E-state index >= 15 is 0 Å². The Kier molecular flexibility index (Phi) is 6.60. The topological polar surface area (TPSA) is 111 Å². The fraction of sp³-hybridized carbons (Fsp3) is 0.312. The first-order chi connectivity index (χ1) is 12.2. The van der Waals surface area contributed by atoms with Crippen molar-refractivity contribution in [1.82, 2.24) is 9.55 Å². The van der Waals surface area contributed by atoms with Crippen molar-refractivity contribution < 1.29 is 29.3 Å². The van der Waals surface area contributed by atoms with E-state index in [1.165, 1.54) is 0 Å². The van der Waals surface area contributed by atoms with Crippen LogP contribution >= 0.6 is 23.2 Å². The number of aliphatic carboxylic acids is 2. The van der Waals surface area contributed by atoms with Crippen LogP contribution in [0.4, 0.5) is 0 Å². The van der Waals surface area contributed by atoms with Gasteiger partial charge in [-0.3, -0.25) is 0 Å². The summed E-state index contributed by atoms with van der Waals surface area (Å²) < 4.78 is 13.8. The highest BCUT2D eigenvalue weighted by atomic mass is 35.5. The largest absolute Gasteiger partial charge is 0.473 e. The van der Waals surface area contributed by atoms with E-state index in [9.17, 15) is 0 Å². The van der Waals surface area contributed by atoms with Gasteiger partial charge in [-0.2, -0.15) is 0 Å². The van der Waals surface area contributed by atoms with Gasteiger partial charge < -0.3 is 24.3 Å². The van der Waals surface area contributed by atoms with Crippen molar-refractivity contribution >= 4 is 35.1 Å². The number of rotatable bonds is 3. The van der Waals surface area contributed by atoms with E-state index in [1.54, 1.807) is 24.7 Å². The van der Waals surface area contributed by atoms with Crippen LogP contribution in [0.5, 0.6) is 0 Å². The Morgan fingerprint density at radius 1 is 1.35 bits per heavy atom. The number of imidazole rings is 1. The van der Waals surface area contributed by atoms with E-state index in [2.05, 4.69) is 4.98 Å². The summed E-state index contributed by atoms with van der Waals surface area (Å²) in [4.78, 5) is 22.2. The number of aromatic nitrogens is 2. The first kappa shape index (κ1) is 20.2.